The number of hydrogen-bond donors (Lipinski definition) is 1. The minimum Gasteiger partial charge on any atom is -0.464 e. The van der Waals surface area contributed by atoms with Crippen LogP contribution >= 0.6 is 11.6 Å². The van der Waals surface area contributed by atoms with Crippen molar-refractivity contribution in [2.24, 2.45) is 0 Å². The Hall–Kier alpha value is -4.90. The van der Waals surface area contributed by atoms with Crippen LogP contribution in [0.5, 0.6) is 0 Å². The Balaban J connectivity index is 1.45. The molecule has 0 aliphatic carbocycles. The monoisotopic (exact) mass is 590 g/mol. The van der Waals surface area contributed by atoms with Gasteiger partial charge in [-0.15, -0.1) is 10.2 Å². The largest absolute Gasteiger partial charge is 0.464 e. The zero-order valence-corrected chi connectivity index (χ0v) is 23.1. The average molecular weight is 591 g/mol. The van der Waals surface area contributed by atoms with E-state index in [4.69, 9.17) is 16.0 Å². The Kier molecular flexibility index (Phi) is 8.68. The summed E-state index contributed by atoms with van der Waals surface area (Å²) in [5.41, 5.74) is 1.48. The fourth-order valence-corrected chi connectivity index (χ4v) is 4.41. The molecule has 3 aromatic carbocycles. The van der Waals surface area contributed by atoms with Gasteiger partial charge in [-0.2, -0.15) is 4.80 Å². The van der Waals surface area contributed by atoms with Crippen LogP contribution in [0.25, 0.3) is 11.4 Å². The molecule has 214 valence electrons. The molecule has 1 unspecified atom stereocenters. The average Bonchev–Trinajstić information content (AvgIpc) is 3.62. The second kappa shape index (κ2) is 12.7. The fourth-order valence-electron chi connectivity index (χ4n) is 4.28. The minimum absolute atomic E-state index is 0.0616. The summed E-state index contributed by atoms with van der Waals surface area (Å²) in [4.78, 5) is 29.8. The third-order valence-electron chi connectivity index (χ3n) is 6.42. The van der Waals surface area contributed by atoms with E-state index in [1.807, 2.05) is 0 Å². The second-order valence-corrected chi connectivity index (χ2v) is 9.90. The highest BCUT2D eigenvalue weighted by Gasteiger charge is 2.35. The molecular weight excluding hydrogens is 566 g/mol. The van der Waals surface area contributed by atoms with Gasteiger partial charge in [0.05, 0.1) is 0 Å². The van der Waals surface area contributed by atoms with Gasteiger partial charge in [0, 0.05) is 29.2 Å². The van der Waals surface area contributed by atoms with Crippen LogP contribution in [-0.4, -0.2) is 36.9 Å². The molecule has 0 saturated heterocycles. The number of aromatic nitrogens is 4. The number of carbonyl (C=O) groups excluding carboxylic acids is 2. The standard InChI is InChI=1S/C30H25ClF2N6O3/c1-19-6-15-26(42-19)28(30(41)34-16-20-7-13-24(32)14-8-20)38(17-22-4-2-3-5-25(22)33)27(40)18-39-36-29(35-37-39)21-9-11-23(31)12-10-21/h2-15,28H,16-18H2,1H3,(H,34,41). The van der Waals surface area contributed by atoms with Crippen molar-refractivity contribution in [1.29, 1.82) is 0 Å². The van der Waals surface area contributed by atoms with E-state index in [-0.39, 0.29) is 30.2 Å². The molecule has 0 aliphatic heterocycles. The lowest BCUT2D eigenvalue weighted by Crippen LogP contribution is -2.44. The van der Waals surface area contributed by atoms with Crippen LogP contribution in [0.4, 0.5) is 8.78 Å². The molecule has 0 radical (unpaired) electrons. The van der Waals surface area contributed by atoms with Crippen LogP contribution in [0.1, 0.15) is 28.7 Å². The molecule has 0 bridgehead atoms. The van der Waals surface area contributed by atoms with Gasteiger partial charge in [0.25, 0.3) is 5.91 Å². The van der Waals surface area contributed by atoms with Crippen molar-refractivity contribution in [2.75, 3.05) is 0 Å². The number of nitrogens with zero attached hydrogens (tertiary/aromatic N) is 5. The minimum atomic E-state index is -1.27. The van der Waals surface area contributed by atoms with Crippen molar-refractivity contribution >= 4 is 23.4 Å². The summed E-state index contributed by atoms with van der Waals surface area (Å²) in [6.07, 6.45) is 0. The molecule has 5 aromatic rings. The molecule has 0 aliphatic rings. The summed E-state index contributed by atoms with van der Waals surface area (Å²) in [5.74, 6) is -1.14. The molecule has 5 rings (SSSR count). The maximum atomic E-state index is 14.8. The van der Waals surface area contributed by atoms with E-state index in [0.29, 0.717) is 21.9 Å². The number of rotatable bonds is 10. The summed E-state index contributed by atoms with van der Waals surface area (Å²) in [6, 6.07) is 20.4. The predicted octanol–water partition coefficient (Wildman–Crippen LogP) is 5.26. The number of aryl methyl sites for hydroxylation is 1. The lowest BCUT2D eigenvalue weighted by atomic mass is 10.1. The van der Waals surface area contributed by atoms with Crippen LogP contribution in [-0.2, 0) is 29.2 Å². The van der Waals surface area contributed by atoms with Crippen molar-refractivity contribution in [3.8, 4) is 11.4 Å². The molecule has 9 nitrogen and oxygen atoms in total. The molecule has 12 heteroatoms. The molecular formula is C30H25ClF2N6O3. The molecule has 1 N–H and O–H groups in total. The second-order valence-electron chi connectivity index (χ2n) is 9.46. The molecule has 2 amide bonds. The molecule has 2 aromatic heterocycles. The SMILES string of the molecule is Cc1ccc(C(C(=O)NCc2ccc(F)cc2)N(Cc2ccccc2F)C(=O)Cn2nnc(-c3ccc(Cl)cc3)n2)o1. The van der Waals surface area contributed by atoms with Gasteiger partial charge in [0.1, 0.15) is 29.7 Å². The van der Waals surface area contributed by atoms with Crippen molar-refractivity contribution in [3.05, 3.63) is 124 Å². The molecule has 0 saturated carbocycles. The Bertz CT molecular complexity index is 1690. The topological polar surface area (TPSA) is 106 Å². The summed E-state index contributed by atoms with van der Waals surface area (Å²) in [6.45, 7) is 1.12. The van der Waals surface area contributed by atoms with Crippen molar-refractivity contribution < 1.29 is 22.8 Å². The lowest BCUT2D eigenvalue weighted by molar-refractivity contribution is -0.143. The third-order valence-corrected chi connectivity index (χ3v) is 6.67. The number of furan rings is 1. The highest BCUT2D eigenvalue weighted by atomic mass is 35.5. The maximum Gasteiger partial charge on any atom is 0.251 e. The lowest BCUT2D eigenvalue weighted by Gasteiger charge is -2.30. The number of amides is 2. The van der Waals surface area contributed by atoms with Crippen molar-refractivity contribution in [3.63, 3.8) is 0 Å². The van der Waals surface area contributed by atoms with Gasteiger partial charge < -0.3 is 14.6 Å². The Morgan fingerprint density at radius 1 is 1.00 bits per heavy atom. The molecule has 1 atom stereocenters. The normalized spacial score (nSPS) is 11.7. The number of hydrogen-bond acceptors (Lipinski definition) is 6. The van der Waals surface area contributed by atoms with E-state index in [2.05, 4.69) is 20.7 Å². The summed E-state index contributed by atoms with van der Waals surface area (Å²) >= 11 is 5.96. The molecule has 0 fully saturated rings. The van der Waals surface area contributed by atoms with Crippen LogP contribution in [0, 0.1) is 18.6 Å². The number of halogens is 3. The van der Waals surface area contributed by atoms with Crippen LogP contribution < -0.4 is 5.32 Å². The summed E-state index contributed by atoms with van der Waals surface area (Å²) in [5, 5.41) is 15.6. The third kappa shape index (κ3) is 6.87. The Labute approximate surface area is 244 Å². The van der Waals surface area contributed by atoms with Gasteiger partial charge in [-0.1, -0.05) is 41.9 Å². The molecule has 2 heterocycles. The highest BCUT2D eigenvalue weighted by molar-refractivity contribution is 6.30. The summed E-state index contributed by atoms with van der Waals surface area (Å²) < 4.78 is 34.0. The Morgan fingerprint density at radius 3 is 2.43 bits per heavy atom. The number of nitrogens with one attached hydrogen (secondary N) is 1. The predicted molar refractivity (Wildman–Crippen MR) is 150 cm³/mol. The number of tetrazole rings is 1. The van der Waals surface area contributed by atoms with Crippen LogP contribution in [0.2, 0.25) is 5.02 Å². The van der Waals surface area contributed by atoms with E-state index < -0.39 is 36.0 Å². The van der Waals surface area contributed by atoms with Crippen LogP contribution in [0.3, 0.4) is 0 Å². The number of benzene rings is 3. The molecule has 42 heavy (non-hydrogen) atoms. The maximum absolute atomic E-state index is 14.8. The first-order valence-electron chi connectivity index (χ1n) is 12.9. The van der Waals surface area contributed by atoms with Gasteiger partial charge in [0.15, 0.2) is 6.04 Å². The van der Waals surface area contributed by atoms with Gasteiger partial charge in [0.2, 0.25) is 11.7 Å². The van der Waals surface area contributed by atoms with Crippen molar-refractivity contribution in [1.82, 2.24) is 30.4 Å². The fraction of sp³-hybridized carbons (Fsp3) is 0.167. The van der Waals surface area contributed by atoms with Crippen molar-refractivity contribution in [2.45, 2.75) is 32.6 Å². The highest BCUT2D eigenvalue weighted by Crippen LogP contribution is 2.27. The van der Waals surface area contributed by atoms with Gasteiger partial charge in [-0.25, -0.2) is 8.78 Å². The summed E-state index contributed by atoms with van der Waals surface area (Å²) in [7, 11) is 0. The van der Waals surface area contributed by atoms with E-state index in [1.54, 1.807) is 61.5 Å². The van der Waals surface area contributed by atoms with E-state index in [0.717, 1.165) is 4.80 Å². The van der Waals surface area contributed by atoms with Gasteiger partial charge in [-0.3, -0.25) is 9.59 Å². The first-order chi connectivity index (χ1) is 20.3. The smallest absolute Gasteiger partial charge is 0.251 e. The zero-order valence-electron chi connectivity index (χ0n) is 22.4. The van der Waals surface area contributed by atoms with E-state index >= 15 is 0 Å². The van der Waals surface area contributed by atoms with E-state index in [1.165, 1.54) is 35.2 Å². The first kappa shape index (κ1) is 28.6. The van der Waals surface area contributed by atoms with E-state index in [9.17, 15) is 18.4 Å². The Morgan fingerprint density at radius 2 is 1.74 bits per heavy atom. The molecule has 0 spiro atoms. The quantitative estimate of drug-likeness (QED) is 0.238. The first-order valence-corrected chi connectivity index (χ1v) is 13.3. The zero-order chi connectivity index (χ0) is 29.6. The van der Waals surface area contributed by atoms with Gasteiger partial charge in [-0.05, 0) is 72.3 Å². The van der Waals surface area contributed by atoms with Gasteiger partial charge >= 0.3 is 0 Å². The van der Waals surface area contributed by atoms with Crippen LogP contribution in [0.15, 0.2) is 89.3 Å². The number of carbonyl (C=O) groups is 2.